The van der Waals surface area contributed by atoms with Gasteiger partial charge in [-0.3, -0.25) is 4.68 Å². The van der Waals surface area contributed by atoms with Crippen molar-refractivity contribution in [2.75, 3.05) is 0 Å². The van der Waals surface area contributed by atoms with E-state index >= 15 is 0 Å². The molecular weight excluding hydrogens is 236 g/mol. The Kier molecular flexibility index (Phi) is 2.81. The second-order valence-corrected chi connectivity index (χ2v) is 5.04. The molecule has 1 saturated carbocycles. The van der Waals surface area contributed by atoms with E-state index in [0.717, 1.165) is 16.5 Å². The Bertz CT molecular complexity index is 544. The Morgan fingerprint density at radius 3 is 2.82 bits per heavy atom. The lowest BCUT2D eigenvalue weighted by Crippen LogP contribution is -2.06. The Morgan fingerprint density at radius 1 is 1.35 bits per heavy atom. The van der Waals surface area contributed by atoms with Crippen LogP contribution in [-0.4, -0.2) is 14.9 Å². The van der Waals surface area contributed by atoms with Gasteiger partial charge in [0.2, 0.25) is 0 Å². The summed E-state index contributed by atoms with van der Waals surface area (Å²) >= 11 is 6.17. The summed E-state index contributed by atoms with van der Waals surface area (Å²) in [5, 5.41) is 15.1. The van der Waals surface area contributed by atoms with Crippen molar-refractivity contribution in [1.29, 1.82) is 0 Å². The number of benzene rings is 1. The SMILES string of the molecule is OCc1ccc2c(c1)c(Cl)nn2C1CCCC1. The van der Waals surface area contributed by atoms with Gasteiger partial charge in [0.1, 0.15) is 0 Å². The Labute approximate surface area is 105 Å². The molecule has 3 nitrogen and oxygen atoms in total. The van der Waals surface area contributed by atoms with Crippen LogP contribution in [0.25, 0.3) is 10.9 Å². The first-order valence-corrected chi connectivity index (χ1v) is 6.45. The van der Waals surface area contributed by atoms with Gasteiger partial charge in [0.15, 0.2) is 5.15 Å². The first-order chi connectivity index (χ1) is 8.29. The lowest BCUT2D eigenvalue weighted by molar-refractivity contribution is 0.282. The molecule has 0 bridgehead atoms. The molecule has 1 N–H and O–H groups in total. The van der Waals surface area contributed by atoms with Crippen LogP contribution >= 0.6 is 11.6 Å². The summed E-state index contributed by atoms with van der Waals surface area (Å²) in [4.78, 5) is 0. The molecule has 0 aliphatic heterocycles. The van der Waals surface area contributed by atoms with Gasteiger partial charge >= 0.3 is 0 Å². The van der Waals surface area contributed by atoms with E-state index in [9.17, 15) is 0 Å². The number of nitrogens with zero attached hydrogens (tertiary/aromatic N) is 2. The maximum absolute atomic E-state index is 9.14. The Hall–Kier alpha value is -1.06. The van der Waals surface area contributed by atoms with Crippen LogP contribution in [0.5, 0.6) is 0 Å². The summed E-state index contributed by atoms with van der Waals surface area (Å²) < 4.78 is 2.06. The van der Waals surface area contributed by atoms with Gasteiger partial charge < -0.3 is 5.11 Å². The largest absolute Gasteiger partial charge is 0.392 e. The van der Waals surface area contributed by atoms with Crippen LogP contribution in [-0.2, 0) is 6.61 Å². The topological polar surface area (TPSA) is 38.1 Å². The number of aliphatic hydroxyl groups is 1. The van der Waals surface area contributed by atoms with Gasteiger partial charge in [0.25, 0.3) is 0 Å². The maximum atomic E-state index is 9.14. The van der Waals surface area contributed by atoms with Crippen molar-refractivity contribution in [1.82, 2.24) is 9.78 Å². The predicted molar refractivity (Wildman–Crippen MR) is 68.2 cm³/mol. The van der Waals surface area contributed by atoms with Crippen LogP contribution < -0.4 is 0 Å². The third kappa shape index (κ3) is 1.83. The highest BCUT2D eigenvalue weighted by atomic mass is 35.5. The minimum Gasteiger partial charge on any atom is -0.392 e. The molecule has 0 atom stereocenters. The highest BCUT2D eigenvalue weighted by Gasteiger charge is 2.21. The summed E-state index contributed by atoms with van der Waals surface area (Å²) in [7, 11) is 0. The molecule has 0 amide bonds. The van der Waals surface area contributed by atoms with E-state index in [0.29, 0.717) is 11.2 Å². The van der Waals surface area contributed by atoms with Gasteiger partial charge in [-0.25, -0.2) is 0 Å². The van der Waals surface area contributed by atoms with E-state index < -0.39 is 0 Å². The van der Waals surface area contributed by atoms with Gasteiger partial charge in [0, 0.05) is 5.39 Å². The van der Waals surface area contributed by atoms with Crippen molar-refractivity contribution < 1.29 is 5.11 Å². The molecule has 1 aromatic carbocycles. The number of aliphatic hydroxyl groups excluding tert-OH is 1. The van der Waals surface area contributed by atoms with Crippen LogP contribution in [0.4, 0.5) is 0 Å². The zero-order valence-electron chi connectivity index (χ0n) is 9.56. The molecule has 4 heteroatoms. The van der Waals surface area contributed by atoms with Gasteiger partial charge in [-0.2, -0.15) is 5.10 Å². The van der Waals surface area contributed by atoms with Crippen LogP contribution in [0.3, 0.4) is 0 Å². The van der Waals surface area contributed by atoms with E-state index in [2.05, 4.69) is 9.78 Å². The van der Waals surface area contributed by atoms with Crippen molar-refractivity contribution in [3.8, 4) is 0 Å². The molecule has 1 heterocycles. The van der Waals surface area contributed by atoms with Gasteiger partial charge in [-0.15, -0.1) is 0 Å². The summed E-state index contributed by atoms with van der Waals surface area (Å²) in [5.74, 6) is 0. The van der Waals surface area contributed by atoms with Gasteiger partial charge in [-0.05, 0) is 30.5 Å². The van der Waals surface area contributed by atoms with E-state index in [4.69, 9.17) is 16.7 Å². The molecule has 90 valence electrons. The molecule has 0 radical (unpaired) electrons. The Morgan fingerprint density at radius 2 is 2.12 bits per heavy atom. The number of aromatic nitrogens is 2. The molecule has 3 rings (SSSR count). The lowest BCUT2D eigenvalue weighted by atomic mass is 10.1. The maximum Gasteiger partial charge on any atom is 0.158 e. The minimum atomic E-state index is 0.0425. The minimum absolute atomic E-state index is 0.0425. The normalized spacial score (nSPS) is 17.1. The smallest absolute Gasteiger partial charge is 0.158 e. The summed E-state index contributed by atoms with van der Waals surface area (Å²) in [6.07, 6.45) is 4.93. The van der Waals surface area contributed by atoms with E-state index in [1.807, 2.05) is 18.2 Å². The second kappa shape index (κ2) is 4.31. The second-order valence-electron chi connectivity index (χ2n) is 4.68. The van der Waals surface area contributed by atoms with Crippen molar-refractivity contribution >= 4 is 22.5 Å². The number of rotatable bonds is 2. The average Bonchev–Trinajstić information content (AvgIpc) is 2.97. The predicted octanol–water partition coefficient (Wildman–Crippen LogP) is 3.30. The summed E-state index contributed by atoms with van der Waals surface area (Å²) in [6.45, 7) is 0.0425. The third-order valence-corrected chi connectivity index (χ3v) is 3.86. The van der Waals surface area contributed by atoms with Gasteiger partial charge in [0.05, 0.1) is 18.2 Å². The molecule has 1 fully saturated rings. The molecule has 1 aliphatic carbocycles. The number of hydrogen-bond acceptors (Lipinski definition) is 2. The molecule has 1 aliphatic rings. The average molecular weight is 251 g/mol. The zero-order chi connectivity index (χ0) is 11.8. The summed E-state index contributed by atoms with van der Waals surface area (Å²) in [5.41, 5.74) is 1.96. The monoisotopic (exact) mass is 250 g/mol. The fourth-order valence-corrected chi connectivity index (χ4v) is 2.91. The molecule has 0 spiro atoms. The van der Waals surface area contributed by atoms with E-state index in [-0.39, 0.29) is 6.61 Å². The molecule has 0 saturated heterocycles. The first-order valence-electron chi connectivity index (χ1n) is 6.07. The van der Waals surface area contributed by atoms with Crippen molar-refractivity contribution in [2.24, 2.45) is 0 Å². The lowest BCUT2D eigenvalue weighted by Gasteiger charge is -2.11. The summed E-state index contributed by atoms with van der Waals surface area (Å²) in [6, 6.07) is 6.37. The van der Waals surface area contributed by atoms with E-state index in [1.165, 1.54) is 25.7 Å². The highest BCUT2D eigenvalue weighted by molar-refractivity contribution is 6.34. The zero-order valence-corrected chi connectivity index (χ0v) is 10.3. The van der Waals surface area contributed by atoms with Crippen LogP contribution in [0.1, 0.15) is 37.3 Å². The standard InChI is InChI=1S/C13H15ClN2O/c14-13-11-7-9(8-17)5-6-12(11)16(15-13)10-3-1-2-4-10/h5-7,10,17H,1-4,8H2. The molecule has 17 heavy (non-hydrogen) atoms. The number of halogens is 1. The number of fused-ring (bicyclic) bond motifs is 1. The van der Waals surface area contributed by atoms with Crippen LogP contribution in [0.2, 0.25) is 5.15 Å². The first kappa shape index (κ1) is 11.1. The Balaban J connectivity index is 2.13. The van der Waals surface area contributed by atoms with Crippen molar-refractivity contribution in [3.63, 3.8) is 0 Å². The quantitative estimate of drug-likeness (QED) is 0.888. The third-order valence-electron chi connectivity index (χ3n) is 3.58. The van der Waals surface area contributed by atoms with E-state index in [1.54, 1.807) is 0 Å². The van der Waals surface area contributed by atoms with Crippen LogP contribution in [0, 0.1) is 0 Å². The van der Waals surface area contributed by atoms with Crippen molar-refractivity contribution in [2.45, 2.75) is 38.3 Å². The molecule has 0 unspecified atom stereocenters. The van der Waals surface area contributed by atoms with Crippen LogP contribution in [0.15, 0.2) is 18.2 Å². The molecule has 2 aromatic rings. The van der Waals surface area contributed by atoms with Gasteiger partial charge in [-0.1, -0.05) is 30.5 Å². The fourth-order valence-electron chi connectivity index (χ4n) is 2.68. The highest BCUT2D eigenvalue weighted by Crippen LogP contribution is 2.34. The number of hydrogen-bond donors (Lipinski definition) is 1. The molecule has 1 aromatic heterocycles. The molecular formula is C13H15ClN2O. The van der Waals surface area contributed by atoms with Crippen molar-refractivity contribution in [3.05, 3.63) is 28.9 Å². The fraction of sp³-hybridized carbons (Fsp3) is 0.462.